The van der Waals surface area contributed by atoms with E-state index in [1.807, 2.05) is 60.8 Å². The van der Waals surface area contributed by atoms with E-state index in [1.165, 1.54) is 0 Å². The van der Waals surface area contributed by atoms with Gasteiger partial charge in [0.25, 0.3) is 0 Å². The molecule has 0 spiro atoms. The Hall–Kier alpha value is -4.34. The molecule has 1 saturated heterocycles. The highest BCUT2D eigenvalue weighted by Crippen LogP contribution is 2.70. The summed E-state index contributed by atoms with van der Waals surface area (Å²) < 4.78 is 29.6. The molecule has 1 fully saturated rings. The fourth-order valence-electron chi connectivity index (χ4n) is 6.63. The quantitative estimate of drug-likeness (QED) is 0.380. The van der Waals surface area contributed by atoms with E-state index in [-0.39, 0.29) is 0 Å². The van der Waals surface area contributed by atoms with Gasteiger partial charge in [0.05, 0.1) is 51.7 Å². The summed E-state index contributed by atoms with van der Waals surface area (Å²) in [7, 11) is 4.80. The molecule has 3 heterocycles. The highest BCUT2D eigenvalue weighted by molar-refractivity contribution is 5.69. The van der Waals surface area contributed by atoms with E-state index in [9.17, 15) is 5.11 Å². The van der Waals surface area contributed by atoms with Crippen molar-refractivity contribution in [3.63, 3.8) is 0 Å². The molecule has 9 nitrogen and oxygen atoms in total. The van der Waals surface area contributed by atoms with Gasteiger partial charge in [0.1, 0.15) is 23.0 Å². The molecule has 1 N–H and O–H groups in total. The maximum absolute atomic E-state index is 13.4. The topological polar surface area (TPSA) is 95.4 Å². The normalized spacial score (nSPS) is 24.2. The zero-order valence-electron chi connectivity index (χ0n) is 23.2. The van der Waals surface area contributed by atoms with Crippen LogP contribution in [0.1, 0.15) is 33.9 Å². The Morgan fingerprint density at radius 2 is 1.63 bits per heavy atom. The smallest absolute Gasteiger partial charge is 0.225 e. The van der Waals surface area contributed by atoms with Gasteiger partial charge in [-0.3, -0.25) is 0 Å². The number of hydrogen-bond acceptors (Lipinski definition) is 9. The van der Waals surface area contributed by atoms with E-state index in [0.29, 0.717) is 66.5 Å². The maximum atomic E-state index is 13.4. The summed E-state index contributed by atoms with van der Waals surface area (Å²) in [6, 6.07) is 21.3. The highest BCUT2D eigenvalue weighted by Gasteiger charge is 2.73. The van der Waals surface area contributed by atoms with Crippen LogP contribution in [0.2, 0.25) is 0 Å². The first-order valence-electron chi connectivity index (χ1n) is 13.6. The summed E-state index contributed by atoms with van der Waals surface area (Å²) in [4.78, 5) is 12.0. The molecule has 1 aliphatic carbocycles. The molecule has 3 aromatic carbocycles. The molecule has 0 radical (unpaired) electrons. The van der Waals surface area contributed by atoms with Gasteiger partial charge >= 0.3 is 0 Å². The molecule has 0 amide bonds. The Labute approximate surface area is 238 Å². The predicted molar refractivity (Wildman–Crippen MR) is 151 cm³/mol. The lowest BCUT2D eigenvalue weighted by Gasteiger charge is -2.40. The van der Waals surface area contributed by atoms with Crippen LogP contribution in [-0.2, 0) is 15.9 Å². The van der Waals surface area contributed by atoms with Crippen molar-refractivity contribution in [1.29, 1.82) is 0 Å². The lowest BCUT2D eigenvalue weighted by atomic mass is 9.70. The Balaban J connectivity index is 1.56. The second kappa shape index (κ2) is 9.64. The van der Waals surface area contributed by atoms with Crippen molar-refractivity contribution >= 4 is 5.95 Å². The number of benzene rings is 3. The van der Waals surface area contributed by atoms with Gasteiger partial charge < -0.3 is 33.7 Å². The predicted octanol–water partition coefficient (Wildman–Crippen LogP) is 4.01. The first-order valence-corrected chi connectivity index (χ1v) is 13.6. The molecule has 7 rings (SSSR count). The minimum atomic E-state index is -1.74. The third kappa shape index (κ3) is 3.55. The van der Waals surface area contributed by atoms with Gasteiger partial charge in [0.15, 0.2) is 11.2 Å². The Kier molecular flexibility index (Phi) is 6.02. The summed E-state index contributed by atoms with van der Waals surface area (Å²) in [5.74, 6) is 2.26. The summed E-state index contributed by atoms with van der Waals surface area (Å²) in [6.45, 7) is 2.51. The standard InChI is InChI=1S/C32H31N3O6/c1-37-22-11-9-21(10-12-22)32-27(20-7-5-4-6-8-20)24-19-33-30(35-13-15-40-16-14-35)34-29(24)31(32,36)28-25(39-3)17-23(38-2)18-26(28)41-32/h4-12,17-19,27,36H,13-16H2,1-3H3/t27?,31?,32-/m0/s1. The molecule has 4 aromatic rings. The van der Waals surface area contributed by atoms with Crippen LogP contribution in [0.15, 0.2) is 72.9 Å². The second-order valence-corrected chi connectivity index (χ2v) is 10.4. The Morgan fingerprint density at radius 3 is 2.32 bits per heavy atom. The summed E-state index contributed by atoms with van der Waals surface area (Å²) >= 11 is 0. The SMILES string of the molecule is COc1ccc([C@@]23Oc4cc(OC)cc(OC)c4C2(O)c2nc(N4CCOCC4)ncc2C3c2ccccc2)cc1. The first-order chi connectivity index (χ1) is 20.0. The third-order valence-corrected chi connectivity index (χ3v) is 8.48. The zero-order chi connectivity index (χ0) is 28.2. The van der Waals surface area contributed by atoms with Crippen LogP contribution in [0, 0.1) is 0 Å². The van der Waals surface area contributed by atoms with Crippen LogP contribution in [0.3, 0.4) is 0 Å². The first kappa shape index (κ1) is 25.6. The van der Waals surface area contributed by atoms with Crippen molar-refractivity contribution in [2.24, 2.45) is 0 Å². The van der Waals surface area contributed by atoms with Crippen molar-refractivity contribution in [3.8, 4) is 23.0 Å². The molecule has 41 heavy (non-hydrogen) atoms. The molecule has 210 valence electrons. The number of hydrogen-bond donors (Lipinski definition) is 1. The van der Waals surface area contributed by atoms with Crippen LogP contribution >= 0.6 is 0 Å². The average molecular weight is 554 g/mol. The van der Waals surface area contributed by atoms with Crippen LogP contribution in [-0.4, -0.2) is 62.7 Å². The number of ether oxygens (including phenoxy) is 5. The van der Waals surface area contributed by atoms with E-state index >= 15 is 0 Å². The number of aliphatic hydroxyl groups is 1. The minimum absolute atomic E-state index is 0.448. The van der Waals surface area contributed by atoms with Gasteiger partial charge in [-0.15, -0.1) is 0 Å². The number of anilines is 1. The number of rotatable bonds is 6. The average Bonchev–Trinajstić information content (AvgIpc) is 3.43. The molecule has 1 aromatic heterocycles. The Bertz CT molecular complexity index is 1590. The van der Waals surface area contributed by atoms with Crippen LogP contribution in [0.25, 0.3) is 0 Å². The van der Waals surface area contributed by atoms with E-state index < -0.39 is 17.1 Å². The van der Waals surface area contributed by atoms with E-state index in [1.54, 1.807) is 33.5 Å². The van der Waals surface area contributed by atoms with Crippen molar-refractivity contribution in [2.75, 3.05) is 52.5 Å². The number of nitrogens with zero attached hydrogens (tertiary/aromatic N) is 3. The van der Waals surface area contributed by atoms with E-state index in [0.717, 1.165) is 16.7 Å². The maximum Gasteiger partial charge on any atom is 0.225 e. The van der Waals surface area contributed by atoms with Crippen molar-refractivity contribution in [2.45, 2.75) is 17.1 Å². The zero-order valence-corrected chi connectivity index (χ0v) is 23.2. The lowest BCUT2D eigenvalue weighted by Crippen LogP contribution is -2.49. The molecular formula is C32H31N3O6. The van der Waals surface area contributed by atoms with E-state index in [4.69, 9.17) is 33.7 Å². The van der Waals surface area contributed by atoms with Gasteiger partial charge in [-0.25, -0.2) is 9.97 Å². The molecule has 0 bridgehead atoms. The molecule has 2 unspecified atom stereocenters. The second-order valence-electron chi connectivity index (χ2n) is 10.4. The van der Waals surface area contributed by atoms with Gasteiger partial charge in [0, 0.05) is 42.5 Å². The summed E-state index contributed by atoms with van der Waals surface area (Å²) in [6.07, 6.45) is 1.84. The van der Waals surface area contributed by atoms with Gasteiger partial charge in [-0.1, -0.05) is 42.5 Å². The third-order valence-electron chi connectivity index (χ3n) is 8.48. The number of aromatic nitrogens is 2. The number of morpholine rings is 1. The van der Waals surface area contributed by atoms with Crippen molar-refractivity contribution < 1.29 is 28.8 Å². The van der Waals surface area contributed by atoms with E-state index in [2.05, 4.69) is 4.90 Å². The van der Waals surface area contributed by atoms with Crippen LogP contribution in [0.4, 0.5) is 5.95 Å². The van der Waals surface area contributed by atoms with Crippen molar-refractivity contribution in [1.82, 2.24) is 9.97 Å². The molecule has 3 aliphatic rings. The van der Waals surface area contributed by atoms with Crippen LogP contribution < -0.4 is 23.8 Å². The molecule has 9 heteroatoms. The van der Waals surface area contributed by atoms with Crippen LogP contribution in [0.5, 0.6) is 23.0 Å². The summed E-state index contributed by atoms with van der Waals surface area (Å²) in [5.41, 5.74) is 0.413. The highest BCUT2D eigenvalue weighted by atomic mass is 16.5. The monoisotopic (exact) mass is 553 g/mol. The molecular weight excluding hydrogens is 522 g/mol. The molecule has 3 atom stereocenters. The fourth-order valence-corrected chi connectivity index (χ4v) is 6.63. The molecule has 2 aliphatic heterocycles. The summed E-state index contributed by atoms with van der Waals surface area (Å²) in [5, 5.41) is 13.4. The molecule has 0 saturated carbocycles. The Morgan fingerprint density at radius 1 is 0.902 bits per heavy atom. The number of methoxy groups -OCH3 is 3. The van der Waals surface area contributed by atoms with Gasteiger partial charge in [-0.2, -0.15) is 0 Å². The number of fused-ring (bicyclic) bond motifs is 5. The van der Waals surface area contributed by atoms with Gasteiger partial charge in [0.2, 0.25) is 5.95 Å². The largest absolute Gasteiger partial charge is 0.497 e. The van der Waals surface area contributed by atoms with Crippen molar-refractivity contribution in [3.05, 3.63) is 101 Å². The van der Waals surface area contributed by atoms with Gasteiger partial charge in [-0.05, 0) is 17.7 Å². The minimum Gasteiger partial charge on any atom is -0.497 e. The fraction of sp³-hybridized carbons (Fsp3) is 0.312. The lowest BCUT2D eigenvalue weighted by molar-refractivity contribution is -0.0909.